The molecular weight excluding hydrogens is 212 g/mol. The summed E-state index contributed by atoms with van der Waals surface area (Å²) in [5.74, 6) is 0.248. The second kappa shape index (κ2) is 3.86. The number of esters is 1. The summed E-state index contributed by atoms with van der Waals surface area (Å²) in [4.78, 5) is 12.1. The molecule has 0 heterocycles. The van der Waals surface area contributed by atoms with Gasteiger partial charge >= 0.3 is 5.97 Å². The molecule has 0 amide bonds. The molecule has 1 aliphatic carbocycles. The summed E-state index contributed by atoms with van der Waals surface area (Å²) in [7, 11) is 0. The Morgan fingerprint density at radius 3 is 2.41 bits per heavy atom. The van der Waals surface area contributed by atoms with E-state index < -0.39 is 5.60 Å². The van der Waals surface area contributed by atoms with Crippen molar-refractivity contribution in [3.05, 3.63) is 35.9 Å². The summed E-state index contributed by atoms with van der Waals surface area (Å²) in [6.07, 6.45) is 0.895. The lowest BCUT2D eigenvalue weighted by molar-refractivity contribution is -0.161. The van der Waals surface area contributed by atoms with Gasteiger partial charge < -0.3 is 4.74 Å². The van der Waals surface area contributed by atoms with Crippen molar-refractivity contribution in [1.29, 1.82) is 0 Å². The molecule has 1 aromatic carbocycles. The van der Waals surface area contributed by atoms with Crippen molar-refractivity contribution in [2.45, 2.75) is 45.6 Å². The third kappa shape index (κ3) is 2.51. The van der Waals surface area contributed by atoms with E-state index >= 15 is 0 Å². The first-order valence-electron chi connectivity index (χ1n) is 6.11. The monoisotopic (exact) mass is 232 g/mol. The van der Waals surface area contributed by atoms with Gasteiger partial charge in [-0.3, -0.25) is 4.79 Å². The van der Waals surface area contributed by atoms with Crippen molar-refractivity contribution in [2.24, 2.45) is 5.41 Å². The van der Waals surface area contributed by atoms with Crippen LogP contribution in [-0.2, 0) is 9.53 Å². The zero-order chi connectivity index (χ0) is 12.7. The first-order chi connectivity index (χ1) is 7.83. The van der Waals surface area contributed by atoms with Gasteiger partial charge in [0.1, 0.15) is 5.60 Å². The molecule has 92 valence electrons. The zero-order valence-electron chi connectivity index (χ0n) is 11.0. The predicted molar refractivity (Wildman–Crippen MR) is 67.8 cm³/mol. The molecule has 2 atom stereocenters. The van der Waals surface area contributed by atoms with Crippen LogP contribution in [0.1, 0.15) is 45.6 Å². The Labute approximate surface area is 103 Å². The lowest BCUT2D eigenvalue weighted by atomic mass is 10.0. The van der Waals surface area contributed by atoms with Gasteiger partial charge in [0.15, 0.2) is 0 Å². The standard InChI is InChI=1S/C15H20O2/c1-14(2,3)17-13(16)15(4)10-12(15)11-8-6-5-7-9-11/h5-9,12H,10H2,1-4H3. The van der Waals surface area contributed by atoms with Crippen molar-refractivity contribution in [1.82, 2.24) is 0 Å². The van der Waals surface area contributed by atoms with Crippen LogP contribution >= 0.6 is 0 Å². The molecule has 0 saturated heterocycles. The highest BCUT2D eigenvalue weighted by Gasteiger charge is 2.58. The first kappa shape index (κ1) is 12.2. The van der Waals surface area contributed by atoms with Gasteiger partial charge in [0.2, 0.25) is 0 Å². The predicted octanol–water partition coefficient (Wildman–Crippen LogP) is 3.52. The van der Waals surface area contributed by atoms with E-state index in [1.165, 1.54) is 5.56 Å². The lowest BCUT2D eigenvalue weighted by Crippen LogP contribution is -2.29. The molecule has 1 aromatic rings. The van der Waals surface area contributed by atoms with E-state index in [1.807, 2.05) is 45.9 Å². The second-order valence-corrected chi connectivity index (χ2v) is 6.09. The zero-order valence-corrected chi connectivity index (χ0v) is 11.0. The molecule has 2 heteroatoms. The van der Waals surface area contributed by atoms with Crippen LogP contribution in [0.25, 0.3) is 0 Å². The van der Waals surface area contributed by atoms with E-state index in [2.05, 4.69) is 12.1 Å². The summed E-state index contributed by atoms with van der Waals surface area (Å²) >= 11 is 0. The van der Waals surface area contributed by atoms with Crippen molar-refractivity contribution in [3.63, 3.8) is 0 Å². The summed E-state index contributed by atoms with van der Waals surface area (Å²) in [6.45, 7) is 7.73. The highest BCUT2D eigenvalue weighted by molar-refractivity contribution is 5.82. The van der Waals surface area contributed by atoms with Crippen molar-refractivity contribution < 1.29 is 9.53 Å². The van der Waals surface area contributed by atoms with Crippen molar-refractivity contribution in [3.8, 4) is 0 Å². The number of rotatable bonds is 2. The lowest BCUT2D eigenvalue weighted by Gasteiger charge is -2.22. The van der Waals surface area contributed by atoms with Crippen LogP contribution in [0.15, 0.2) is 30.3 Å². The van der Waals surface area contributed by atoms with E-state index in [4.69, 9.17) is 4.74 Å². The topological polar surface area (TPSA) is 26.3 Å². The SMILES string of the molecule is CC(C)(C)OC(=O)C1(C)CC1c1ccccc1. The number of benzene rings is 1. The number of hydrogen-bond acceptors (Lipinski definition) is 2. The van der Waals surface area contributed by atoms with E-state index in [0.717, 1.165) is 6.42 Å². The molecule has 0 N–H and O–H groups in total. The van der Waals surface area contributed by atoms with Crippen molar-refractivity contribution in [2.75, 3.05) is 0 Å². The maximum atomic E-state index is 12.1. The van der Waals surface area contributed by atoms with Crippen LogP contribution in [0, 0.1) is 5.41 Å². The quantitative estimate of drug-likeness (QED) is 0.729. The molecule has 2 unspecified atom stereocenters. The Hall–Kier alpha value is -1.31. The van der Waals surface area contributed by atoms with Gasteiger partial charge in [0.25, 0.3) is 0 Å². The number of ether oxygens (including phenoxy) is 1. The summed E-state index contributed by atoms with van der Waals surface area (Å²) in [6, 6.07) is 10.2. The van der Waals surface area contributed by atoms with E-state index in [-0.39, 0.29) is 11.4 Å². The second-order valence-electron chi connectivity index (χ2n) is 6.09. The molecule has 0 bridgehead atoms. The van der Waals surface area contributed by atoms with E-state index in [9.17, 15) is 4.79 Å². The molecule has 1 aliphatic rings. The Balaban J connectivity index is 2.07. The molecule has 0 radical (unpaired) electrons. The van der Waals surface area contributed by atoms with Gasteiger partial charge in [-0.15, -0.1) is 0 Å². The molecule has 0 aromatic heterocycles. The third-order valence-electron chi connectivity index (χ3n) is 3.30. The molecule has 2 nitrogen and oxygen atoms in total. The smallest absolute Gasteiger partial charge is 0.312 e. The van der Waals surface area contributed by atoms with Gasteiger partial charge in [-0.25, -0.2) is 0 Å². The van der Waals surface area contributed by atoms with E-state index in [1.54, 1.807) is 0 Å². The fourth-order valence-corrected chi connectivity index (χ4v) is 2.16. The first-order valence-corrected chi connectivity index (χ1v) is 6.11. The Kier molecular flexibility index (Phi) is 2.76. The molecule has 2 rings (SSSR count). The summed E-state index contributed by atoms with van der Waals surface area (Å²) in [5.41, 5.74) is 0.513. The maximum absolute atomic E-state index is 12.1. The minimum Gasteiger partial charge on any atom is -0.460 e. The van der Waals surface area contributed by atoms with Crippen LogP contribution in [0.4, 0.5) is 0 Å². The molecule has 0 aliphatic heterocycles. The summed E-state index contributed by atoms with van der Waals surface area (Å²) in [5, 5.41) is 0. The minimum atomic E-state index is -0.399. The van der Waals surface area contributed by atoms with Gasteiger partial charge in [-0.05, 0) is 39.7 Å². The van der Waals surface area contributed by atoms with Crippen molar-refractivity contribution >= 4 is 5.97 Å². The van der Waals surface area contributed by atoms with Gasteiger partial charge in [-0.1, -0.05) is 30.3 Å². The molecule has 1 saturated carbocycles. The summed E-state index contributed by atoms with van der Waals surface area (Å²) < 4.78 is 5.48. The molecular formula is C15H20O2. The fraction of sp³-hybridized carbons (Fsp3) is 0.533. The van der Waals surface area contributed by atoms with E-state index in [0.29, 0.717) is 5.92 Å². The minimum absolute atomic E-state index is 0.0705. The normalized spacial score (nSPS) is 27.6. The van der Waals surface area contributed by atoms with Crippen LogP contribution in [0.2, 0.25) is 0 Å². The van der Waals surface area contributed by atoms with Gasteiger partial charge in [-0.2, -0.15) is 0 Å². The Morgan fingerprint density at radius 2 is 1.88 bits per heavy atom. The van der Waals surface area contributed by atoms with Gasteiger partial charge in [0, 0.05) is 5.92 Å². The van der Waals surface area contributed by atoms with Crippen LogP contribution in [-0.4, -0.2) is 11.6 Å². The molecule has 0 spiro atoms. The van der Waals surface area contributed by atoms with Crippen LogP contribution in [0.5, 0.6) is 0 Å². The largest absolute Gasteiger partial charge is 0.460 e. The van der Waals surface area contributed by atoms with Gasteiger partial charge in [0.05, 0.1) is 5.41 Å². The Bertz CT molecular complexity index is 416. The number of carbonyl (C=O) groups is 1. The maximum Gasteiger partial charge on any atom is 0.312 e. The average Bonchev–Trinajstić information content (AvgIpc) is 2.91. The fourth-order valence-electron chi connectivity index (χ4n) is 2.16. The Morgan fingerprint density at radius 1 is 1.29 bits per heavy atom. The average molecular weight is 232 g/mol. The molecule has 1 fully saturated rings. The highest BCUT2D eigenvalue weighted by atomic mass is 16.6. The van der Waals surface area contributed by atoms with Crippen LogP contribution in [0.3, 0.4) is 0 Å². The number of carbonyl (C=O) groups excluding carboxylic acids is 1. The highest BCUT2D eigenvalue weighted by Crippen LogP contribution is 2.59. The van der Waals surface area contributed by atoms with Crippen LogP contribution < -0.4 is 0 Å². The third-order valence-corrected chi connectivity index (χ3v) is 3.30. The molecule has 17 heavy (non-hydrogen) atoms. The number of hydrogen-bond donors (Lipinski definition) is 0.